The summed E-state index contributed by atoms with van der Waals surface area (Å²) in [6.07, 6.45) is 0.570. The molecule has 108 valence electrons. The van der Waals surface area contributed by atoms with E-state index in [1.165, 1.54) is 12.1 Å². The van der Waals surface area contributed by atoms with Crippen LogP contribution in [0.3, 0.4) is 0 Å². The van der Waals surface area contributed by atoms with Crippen molar-refractivity contribution in [2.75, 3.05) is 0 Å². The van der Waals surface area contributed by atoms with Crippen LogP contribution in [0.4, 0.5) is 4.39 Å². The van der Waals surface area contributed by atoms with Crippen LogP contribution < -0.4 is 11.3 Å². The van der Waals surface area contributed by atoms with Gasteiger partial charge in [-0.15, -0.1) is 0 Å². The minimum Gasteiger partial charge on any atom is -0.271 e. The molecule has 0 radical (unpaired) electrons. The molecule has 1 aromatic heterocycles. The van der Waals surface area contributed by atoms with Gasteiger partial charge in [0.2, 0.25) is 0 Å². The molecular weight excluding hydrogens is 279 g/mol. The van der Waals surface area contributed by atoms with Crippen molar-refractivity contribution in [3.05, 3.63) is 52.1 Å². The molecule has 0 fully saturated rings. The fourth-order valence-corrected chi connectivity index (χ4v) is 2.50. The maximum Gasteiger partial charge on any atom is 0.124 e. The van der Waals surface area contributed by atoms with Gasteiger partial charge in [0.1, 0.15) is 5.82 Å². The molecule has 4 nitrogen and oxygen atoms in total. The van der Waals surface area contributed by atoms with Crippen LogP contribution in [0.2, 0.25) is 5.02 Å². The largest absolute Gasteiger partial charge is 0.271 e. The van der Waals surface area contributed by atoms with Crippen molar-refractivity contribution in [2.24, 2.45) is 5.84 Å². The standard InChI is InChI=1S/C14H18ClFN4/c1-3-20-14(6-9(2)19-20)13(18-17)7-10-4-5-11(16)8-12(10)15/h4-6,8,13,18H,3,7,17H2,1-2H3. The summed E-state index contributed by atoms with van der Waals surface area (Å²) >= 11 is 6.07. The Kier molecular flexibility index (Phi) is 4.75. The molecule has 6 heteroatoms. The SMILES string of the molecule is CCn1nc(C)cc1C(Cc1ccc(F)cc1Cl)NN. The summed E-state index contributed by atoms with van der Waals surface area (Å²) in [7, 11) is 0. The highest BCUT2D eigenvalue weighted by atomic mass is 35.5. The van der Waals surface area contributed by atoms with Crippen LogP contribution in [0, 0.1) is 12.7 Å². The van der Waals surface area contributed by atoms with Crippen molar-refractivity contribution in [3.63, 3.8) is 0 Å². The van der Waals surface area contributed by atoms with Crippen LogP contribution in [-0.4, -0.2) is 9.78 Å². The normalized spacial score (nSPS) is 12.7. The number of aromatic nitrogens is 2. The second-order valence-electron chi connectivity index (χ2n) is 4.69. The van der Waals surface area contributed by atoms with E-state index < -0.39 is 0 Å². The highest BCUT2D eigenvalue weighted by Crippen LogP contribution is 2.24. The van der Waals surface area contributed by atoms with Crippen molar-refractivity contribution in [2.45, 2.75) is 32.9 Å². The summed E-state index contributed by atoms with van der Waals surface area (Å²) in [5.41, 5.74) is 5.56. The molecule has 1 aromatic carbocycles. The lowest BCUT2D eigenvalue weighted by Gasteiger charge is -2.18. The monoisotopic (exact) mass is 296 g/mol. The topological polar surface area (TPSA) is 55.9 Å². The van der Waals surface area contributed by atoms with Gasteiger partial charge in [0, 0.05) is 11.6 Å². The molecule has 0 aliphatic rings. The van der Waals surface area contributed by atoms with E-state index in [0.29, 0.717) is 11.4 Å². The molecule has 2 aromatic rings. The second-order valence-corrected chi connectivity index (χ2v) is 5.09. The Labute approximate surface area is 122 Å². The van der Waals surface area contributed by atoms with E-state index in [1.54, 1.807) is 6.07 Å². The lowest BCUT2D eigenvalue weighted by molar-refractivity contribution is 0.490. The summed E-state index contributed by atoms with van der Waals surface area (Å²) in [5.74, 6) is 5.32. The summed E-state index contributed by atoms with van der Waals surface area (Å²) in [6.45, 7) is 4.72. The summed E-state index contributed by atoms with van der Waals surface area (Å²) in [4.78, 5) is 0. The molecule has 1 heterocycles. The number of nitrogens with two attached hydrogens (primary N) is 1. The molecule has 0 spiro atoms. The predicted octanol–water partition coefficient (Wildman–Crippen LogP) is 2.75. The van der Waals surface area contributed by atoms with E-state index in [9.17, 15) is 4.39 Å². The summed E-state index contributed by atoms with van der Waals surface area (Å²) in [6, 6.07) is 6.26. The average Bonchev–Trinajstić information content (AvgIpc) is 2.79. The van der Waals surface area contributed by atoms with E-state index in [0.717, 1.165) is 23.5 Å². The highest BCUT2D eigenvalue weighted by Gasteiger charge is 2.17. The van der Waals surface area contributed by atoms with Crippen LogP contribution >= 0.6 is 11.6 Å². The Morgan fingerprint density at radius 3 is 2.80 bits per heavy atom. The Morgan fingerprint density at radius 2 is 2.20 bits per heavy atom. The Hall–Kier alpha value is -1.43. The number of hydrogen-bond acceptors (Lipinski definition) is 3. The van der Waals surface area contributed by atoms with Crippen molar-refractivity contribution < 1.29 is 4.39 Å². The predicted molar refractivity (Wildman–Crippen MR) is 77.8 cm³/mol. The molecule has 1 unspecified atom stereocenters. The van der Waals surface area contributed by atoms with Gasteiger partial charge in [0.05, 0.1) is 17.4 Å². The van der Waals surface area contributed by atoms with Gasteiger partial charge in [0.15, 0.2) is 0 Å². The lowest BCUT2D eigenvalue weighted by Crippen LogP contribution is -2.31. The third-order valence-corrected chi connectivity index (χ3v) is 3.58. The minimum atomic E-state index is -0.342. The van der Waals surface area contributed by atoms with E-state index >= 15 is 0 Å². The Balaban J connectivity index is 2.28. The van der Waals surface area contributed by atoms with Crippen LogP contribution in [0.5, 0.6) is 0 Å². The lowest BCUT2D eigenvalue weighted by atomic mass is 10.0. The first-order valence-electron chi connectivity index (χ1n) is 6.49. The molecule has 20 heavy (non-hydrogen) atoms. The van der Waals surface area contributed by atoms with Crippen LogP contribution in [0.25, 0.3) is 0 Å². The molecule has 0 aliphatic carbocycles. The number of benzene rings is 1. The molecule has 1 atom stereocenters. The third-order valence-electron chi connectivity index (χ3n) is 3.23. The van der Waals surface area contributed by atoms with E-state index in [-0.39, 0.29) is 11.9 Å². The molecule has 0 bridgehead atoms. The van der Waals surface area contributed by atoms with Gasteiger partial charge in [-0.2, -0.15) is 5.10 Å². The molecule has 0 aliphatic heterocycles. The number of nitrogens with zero attached hydrogens (tertiary/aromatic N) is 2. The van der Waals surface area contributed by atoms with Crippen molar-refractivity contribution >= 4 is 11.6 Å². The number of rotatable bonds is 5. The smallest absolute Gasteiger partial charge is 0.124 e. The summed E-state index contributed by atoms with van der Waals surface area (Å²) < 4.78 is 15.0. The maximum absolute atomic E-state index is 13.1. The van der Waals surface area contributed by atoms with E-state index in [1.807, 2.05) is 24.6 Å². The zero-order valence-corrected chi connectivity index (χ0v) is 12.3. The van der Waals surface area contributed by atoms with Gasteiger partial charge in [-0.25, -0.2) is 4.39 Å². The molecule has 0 saturated heterocycles. The van der Waals surface area contributed by atoms with Crippen molar-refractivity contribution in [1.82, 2.24) is 15.2 Å². The molecule has 0 amide bonds. The summed E-state index contributed by atoms with van der Waals surface area (Å²) in [5, 5.41) is 4.81. The first-order valence-corrected chi connectivity index (χ1v) is 6.87. The first-order chi connectivity index (χ1) is 9.55. The van der Waals surface area contributed by atoms with Crippen LogP contribution in [-0.2, 0) is 13.0 Å². The van der Waals surface area contributed by atoms with Gasteiger partial charge in [-0.3, -0.25) is 16.0 Å². The number of nitrogens with one attached hydrogen (secondary N) is 1. The van der Waals surface area contributed by atoms with Gasteiger partial charge in [-0.1, -0.05) is 17.7 Å². The molecule has 3 N–H and O–H groups in total. The number of aryl methyl sites for hydroxylation is 2. The number of hydrogen-bond donors (Lipinski definition) is 2. The van der Waals surface area contributed by atoms with Crippen molar-refractivity contribution in [3.8, 4) is 0 Å². The Morgan fingerprint density at radius 1 is 1.45 bits per heavy atom. The quantitative estimate of drug-likeness (QED) is 0.659. The molecule has 0 saturated carbocycles. The minimum absolute atomic E-state index is 0.126. The van der Waals surface area contributed by atoms with Gasteiger partial charge < -0.3 is 0 Å². The fraction of sp³-hybridized carbons (Fsp3) is 0.357. The fourth-order valence-electron chi connectivity index (χ4n) is 2.26. The van der Waals surface area contributed by atoms with E-state index in [4.69, 9.17) is 17.4 Å². The third kappa shape index (κ3) is 3.17. The van der Waals surface area contributed by atoms with Crippen LogP contribution in [0.15, 0.2) is 24.3 Å². The van der Waals surface area contributed by atoms with Gasteiger partial charge in [-0.05, 0) is 44.0 Å². The zero-order chi connectivity index (χ0) is 14.7. The first kappa shape index (κ1) is 15.0. The molecular formula is C14H18ClFN4. The van der Waals surface area contributed by atoms with E-state index in [2.05, 4.69) is 10.5 Å². The van der Waals surface area contributed by atoms with Crippen molar-refractivity contribution in [1.29, 1.82) is 0 Å². The second kappa shape index (κ2) is 6.35. The number of halogens is 2. The van der Waals surface area contributed by atoms with Crippen LogP contribution in [0.1, 0.15) is 29.9 Å². The highest BCUT2D eigenvalue weighted by molar-refractivity contribution is 6.31. The zero-order valence-electron chi connectivity index (χ0n) is 11.5. The maximum atomic E-state index is 13.1. The van der Waals surface area contributed by atoms with Gasteiger partial charge in [0.25, 0.3) is 0 Å². The number of hydrazine groups is 1. The average molecular weight is 297 g/mol. The molecule has 2 rings (SSSR count). The van der Waals surface area contributed by atoms with Gasteiger partial charge >= 0.3 is 0 Å². The Bertz CT molecular complexity index is 597.